The molecule has 0 N–H and O–H groups in total. The number of carbonyl (C=O) groups is 1. The average Bonchev–Trinajstić information content (AvgIpc) is 2.28. The third-order valence-electron chi connectivity index (χ3n) is 1.97. The first kappa shape index (κ1) is 12.4. The van der Waals surface area contributed by atoms with Gasteiger partial charge in [0, 0.05) is 17.3 Å². The highest BCUT2D eigenvalue weighted by Gasteiger charge is 2.03. The molecule has 0 saturated carbocycles. The second kappa shape index (κ2) is 6.03. The lowest BCUT2D eigenvalue weighted by molar-refractivity contribution is 0.112. The van der Waals surface area contributed by atoms with Crippen molar-refractivity contribution in [3.63, 3.8) is 0 Å². The molecular formula is C13H12ClNO. The van der Waals surface area contributed by atoms with Gasteiger partial charge < -0.3 is 0 Å². The fourth-order valence-corrected chi connectivity index (χ4v) is 1.47. The first-order chi connectivity index (χ1) is 7.72. The van der Waals surface area contributed by atoms with Crippen LogP contribution >= 0.6 is 11.6 Å². The number of benzene rings is 1. The molecule has 0 spiro atoms. The SMILES string of the molecule is C=C/C=C(\N=CC)c1ccc(C=O)c(Cl)c1. The Morgan fingerprint density at radius 1 is 1.50 bits per heavy atom. The summed E-state index contributed by atoms with van der Waals surface area (Å²) in [6.07, 6.45) is 5.86. The molecule has 0 amide bonds. The van der Waals surface area contributed by atoms with Gasteiger partial charge in [-0.25, -0.2) is 0 Å². The number of hydrogen-bond acceptors (Lipinski definition) is 2. The zero-order valence-electron chi connectivity index (χ0n) is 8.98. The second-order valence-electron chi connectivity index (χ2n) is 3.03. The monoisotopic (exact) mass is 233 g/mol. The number of nitrogens with zero attached hydrogens (tertiary/aromatic N) is 1. The van der Waals surface area contributed by atoms with Crippen LogP contribution in [0.15, 0.2) is 41.9 Å². The normalized spacial score (nSPS) is 11.8. The van der Waals surface area contributed by atoms with E-state index in [1.165, 1.54) is 0 Å². The molecule has 0 aromatic heterocycles. The van der Waals surface area contributed by atoms with E-state index in [9.17, 15) is 4.79 Å². The van der Waals surface area contributed by atoms with Gasteiger partial charge in [-0.05, 0) is 25.1 Å². The summed E-state index contributed by atoms with van der Waals surface area (Å²) < 4.78 is 0. The zero-order valence-corrected chi connectivity index (χ0v) is 9.74. The van der Waals surface area contributed by atoms with Crippen LogP contribution in [0.1, 0.15) is 22.8 Å². The van der Waals surface area contributed by atoms with Crippen molar-refractivity contribution >= 4 is 29.8 Å². The van der Waals surface area contributed by atoms with Crippen LogP contribution in [-0.4, -0.2) is 12.5 Å². The number of halogens is 1. The molecule has 1 rings (SSSR count). The zero-order chi connectivity index (χ0) is 12.0. The number of allylic oxidation sites excluding steroid dienone is 2. The number of aliphatic imine (C=N–C) groups is 1. The van der Waals surface area contributed by atoms with E-state index >= 15 is 0 Å². The molecule has 1 aromatic rings. The van der Waals surface area contributed by atoms with E-state index < -0.39 is 0 Å². The number of carbonyl (C=O) groups excluding carboxylic acids is 1. The Bertz CT molecular complexity index is 461. The molecule has 82 valence electrons. The molecule has 0 heterocycles. The van der Waals surface area contributed by atoms with Crippen molar-refractivity contribution in [3.8, 4) is 0 Å². The molecule has 0 aliphatic rings. The lowest BCUT2D eigenvalue weighted by atomic mass is 10.1. The van der Waals surface area contributed by atoms with Gasteiger partial charge in [-0.2, -0.15) is 0 Å². The summed E-state index contributed by atoms with van der Waals surface area (Å²) in [6.45, 7) is 5.46. The Morgan fingerprint density at radius 3 is 2.75 bits per heavy atom. The van der Waals surface area contributed by atoms with Gasteiger partial charge in [-0.1, -0.05) is 30.3 Å². The highest BCUT2D eigenvalue weighted by molar-refractivity contribution is 6.33. The van der Waals surface area contributed by atoms with Crippen LogP contribution in [0.2, 0.25) is 5.02 Å². The molecule has 1 aromatic carbocycles. The van der Waals surface area contributed by atoms with Crippen molar-refractivity contribution < 1.29 is 4.79 Å². The molecule has 0 fully saturated rings. The fraction of sp³-hybridized carbons (Fsp3) is 0.0769. The smallest absolute Gasteiger partial charge is 0.151 e. The largest absolute Gasteiger partial charge is 0.298 e. The van der Waals surface area contributed by atoms with Crippen LogP contribution in [-0.2, 0) is 0 Å². The lowest BCUT2D eigenvalue weighted by Crippen LogP contribution is -1.86. The predicted molar refractivity (Wildman–Crippen MR) is 69.2 cm³/mol. The van der Waals surface area contributed by atoms with Crippen molar-refractivity contribution in [2.24, 2.45) is 4.99 Å². The van der Waals surface area contributed by atoms with Crippen LogP contribution in [0.3, 0.4) is 0 Å². The third kappa shape index (κ3) is 2.91. The lowest BCUT2D eigenvalue weighted by Gasteiger charge is -2.03. The molecule has 0 unspecified atom stereocenters. The van der Waals surface area contributed by atoms with Gasteiger partial charge in [0.2, 0.25) is 0 Å². The van der Waals surface area contributed by atoms with Crippen molar-refractivity contribution in [1.29, 1.82) is 0 Å². The Hall–Kier alpha value is -1.67. The maximum atomic E-state index is 10.6. The molecular weight excluding hydrogens is 222 g/mol. The standard InChI is InChI=1S/C13H12ClNO/c1-3-5-13(15-4-2)10-6-7-11(9-16)12(14)8-10/h3-9H,1H2,2H3/b13-5-,15-4?. The van der Waals surface area contributed by atoms with Gasteiger partial charge in [-0.3, -0.25) is 9.79 Å². The summed E-state index contributed by atoms with van der Waals surface area (Å²) >= 11 is 5.94. The molecule has 0 aliphatic carbocycles. The van der Waals surface area contributed by atoms with Gasteiger partial charge >= 0.3 is 0 Å². The van der Waals surface area contributed by atoms with Crippen LogP contribution in [0.5, 0.6) is 0 Å². The first-order valence-electron chi connectivity index (χ1n) is 4.79. The van der Waals surface area contributed by atoms with E-state index in [1.54, 1.807) is 36.6 Å². The van der Waals surface area contributed by atoms with E-state index in [2.05, 4.69) is 11.6 Å². The summed E-state index contributed by atoms with van der Waals surface area (Å²) in [5.74, 6) is 0. The first-order valence-corrected chi connectivity index (χ1v) is 5.17. The van der Waals surface area contributed by atoms with E-state index in [0.29, 0.717) is 10.6 Å². The van der Waals surface area contributed by atoms with E-state index in [0.717, 1.165) is 17.5 Å². The van der Waals surface area contributed by atoms with Gasteiger partial charge in [0.05, 0.1) is 10.7 Å². The number of hydrogen-bond donors (Lipinski definition) is 0. The molecule has 0 saturated heterocycles. The Morgan fingerprint density at radius 2 is 2.25 bits per heavy atom. The molecule has 16 heavy (non-hydrogen) atoms. The quantitative estimate of drug-likeness (QED) is 0.442. The van der Waals surface area contributed by atoms with Gasteiger partial charge in [0.25, 0.3) is 0 Å². The molecule has 3 heteroatoms. The second-order valence-corrected chi connectivity index (χ2v) is 3.44. The maximum absolute atomic E-state index is 10.6. The highest BCUT2D eigenvalue weighted by Crippen LogP contribution is 2.22. The Labute approximate surface area is 100.0 Å². The van der Waals surface area contributed by atoms with Crippen LogP contribution in [0, 0.1) is 0 Å². The predicted octanol–water partition coefficient (Wildman–Crippen LogP) is 3.77. The highest BCUT2D eigenvalue weighted by atomic mass is 35.5. The van der Waals surface area contributed by atoms with Crippen molar-refractivity contribution in [2.75, 3.05) is 0 Å². The Kier molecular flexibility index (Phi) is 4.67. The minimum Gasteiger partial charge on any atom is -0.298 e. The molecule has 0 atom stereocenters. The topological polar surface area (TPSA) is 29.4 Å². The summed E-state index contributed by atoms with van der Waals surface area (Å²) in [5, 5.41) is 0.425. The van der Waals surface area contributed by atoms with Gasteiger partial charge in [0.1, 0.15) is 0 Å². The van der Waals surface area contributed by atoms with Crippen LogP contribution < -0.4 is 0 Å². The minimum atomic E-state index is 0.425. The van der Waals surface area contributed by atoms with Gasteiger partial charge in [-0.15, -0.1) is 0 Å². The van der Waals surface area contributed by atoms with E-state index in [-0.39, 0.29) is 0 Å². The summed E-state index contributed by atoms with van der Waals surface area (Å²) in [4.78, 5) is 14.8. The Balaban J connectivity index is 3.21. The van der Waals surface area contributed by atoms with Crippen LogP contribution in [0.4, 0.5) is 0 Å². The van der Waals surface area contributed by atoms with Crippen molar-refractivity contribution in [3.05, 3.63) is 53.1 Å². The fourth-order valence-electron chi connectivity index (χ4n) is 1.25. The molecule has 2 nitrogen and oxygen atoms in total. The molecule has 0 bridgehead atoms. The van der Waals surface area contributed by atoms with Crippen molar-refractivity contribution in [1.82, 2.24) is 0 Å². The summed E-state index contributed by atoms with van der Waals surface area (Å²) in [5.41, 5.74) is 2.09. The number of rotatable bonds is 4. The third-order valence-corrected chi connectivity index (χ3v) is 2.29. The van der Waals surface area contributed by atoms with Crippen LogP contribution in [0.25, 0.3) is 5.70 Å². The maximum Gasteiger partial charge on any atom is 0.151 e. The average molecular weight is 234 g/mol. The molecule has 0 aliphatic heterocycles. The van der Waals surface area contributed by atoms with Crippen molar-refractivity contribution in [2.45, 2.75) is 6.92 Å². The summed E-state index contributed by atoms with van der Waals surface area (Å²) in [7, 11) is 0. The summed E-state index contributed by atoms with van der Waals surface area (Å²) in [6, 6.07) is 5.19. The molecule has 0 radical (unpaired) electrons. The van der Waals surface area contributed by atoms with E-state index in [4.69, 9.17) is 11.6 Å². The van der Waals surface area contributed by atoms with E-state index in [1.807, 2.05) is 6.92 Å². The number of aldehydes is 1. The van der Waals surface area contributed by atoms with Gasteiger partial charge in [0.15, 0.2) is 6.29 Å². The minimum absolute atomic E-state index is 0.425.